The Kier molecular flexibility index (Phi) is 17.8. The lowest BCUT2D eigenvalue weighted by molar-refractivity contribution is -0.890. The van der Waals surface area contributed by atoms with Gasteiger partial charge in [0.05, 0.1) is 93.6 Å². The van der Waals surface area contributed by atoms with Crippen LogP contribution in [0.3, 0.4) is 0 Å². The van der Waals surface area contributed by atoms with Gasteiger partial charge in [-0.3, -0.25) is 0 Å². The zero-order valence-electron chi connectivity index (χ0n) is 38.5. The topological polar surface area (TPSA) is 206 Å². The van der Waals surface area contributed by atoms with Crippen LogP contribution in [0.15, 0.2) is 64.4 Å². The fourth-order valence-corrected chi connectivity index (χ4v) is 11.6. The SMILES string of the molecule is CN(C)c1ccc2c(c1)[Si](C)(C)C1=CC(=[N+](C)C)C=CC1=C2c1cc(N=[N+]=[N-])c(OCCOCC[N+](C)(C)CCCS(=O)(=O)[O-])cc1OCCOCC[N+](C)(C)CCCS(=O)(=O)[O-]. The number of allylic oxidation sites excluding steroid dienone is 5. The molecule has 0 saturated carbocycles. The van der Waals surface area contributed by atoms with Crippen molar-refractivity contribution in [3.05, 3.63) is 80.9 Å². The lowest BCUT2D eigenvalue weighted by atomic mass is 9.88. The summed E-state index contributed by atoms with van der Waals surface area (Å²) in [7, 11) is 5.11. The van der Waals surface area contributed by atoms with E-state index in [9.17, 15) is 31.5 Å². The number of rotatable bonds is 25. The molecule has 2 aromatic carbocycles. The molecule has 2 aliphatic rings. The molecule has 1 heterocycles. The molecule has 2 aromatic rings. The highest BCUT2D eigenvalue weighted by Gasteiger charge is 2.41. The number of azide groups is 1. The quantitative estimate of drug-likeness (QED) is 0.0203. The van der Waals surface area contributed by atoms with Gasteiger partial charge in [0.1, 0.15) is 60.0 Å². The van der Waals surface area contributed by atoms with Crippen LogP contribution in [0.1, 0.15) is 24.0 Å². The number of likely N-dealkylation sites (N-methyl/N-ethyl adjacent to an activating group) is 2. The first-order valence-corrected chi connectivity index (χ1v) is 27.2. The monoisotopic (exact) mass is 932 g/mol. The predicted octanol–water partition coefficient (Wildman–Crippen LogP) is 3.99. The van der Waals surface area contributed by atoms with E-state index in [4.69, 9.17) is 18.9 Å². The van der Waals surface area contributed by atoms with Gasteiger partial charge in [0.2, 0.25) is 0 Å². The summed E-state index contributed by atoms with van der Waals surface area (Å²) < 4.78 is 94.2. The zero-order chi connectivity index (χ0) is 46.8. The number of hydrogen-bond donors (Lipinski definition) is 0. The Balaban J connectivity index is 1.67. The normalized spacial score (nSPS) is 15.0. The van der Waals surface area contributed by atoms with Crippen LogP contribution < -0.4 is 19.6 Å². The van der Waals surface area contributed by atoms with Gasteiger partial charge < -0.3 is 41.9 Å². The van der Waals surface area contributed by atoms with Gasteiger partial charge in [-0.05, 0) is 56.9 Å². The Morgan fingerprint density at radius 3 is 1.83 bits per heavy atom. The average molecular weight is 933 g/mol. The molecule has 1 aliphatic carbocycles. The van der Waals surface area contributed by atoms with E-state index in [1.54, 1.807) is 6.07 Å². The van der Waals surface area contributed by atoms with Gasteiger partial charge in [-0.25, -0.2) is 21.4 Å². The third-order valence-corrected chi connectivity index (χ3v) is 16.5. The molecule has 0 saturated heterocycles. The number of quaternary nitrogens is 2. The molecule has 0 fully saturated rings. The largest absolute Gasteiger partial charge is 0.748 e. The molecule has 0 radical (unpaired) electrons. The minimum atomic E-state index is -4.27. The van der Waals surface area contributed by atoms with E-state index in [1.807, 2.05) is 62.4 Å². The molecule has 63 heavy (non-hydrogen) atoms. The number of anilines is 1. The van der Waals surface area contributed by atoms with Crippen LogP contribution in [-0.4, -0.2) is 187 Å². The standard InChI is InChI=1S/C43H66N7O10S2Si/c1-47(2)33-13-15-35-41(29-33)63(9,10)42-30-34(48(3)4)14-16-36(42)43(35)37-31-38(45-46-44)40(60-26-24-58-22-20-50(7,8)18-12-28-62(54,55)56)32-39(37)59-25-23-57-21-19-49(5,6)17-11-27-61(51,52)53/h13-16,29-32H,11-12,17-28H2,1-10H3/q+1. The smallest absolute Gasteiger partial charge is 0.199 e. The van der Waals surface area contributed by atoms with Crippen molar-refractivity contribution in [3.8, 4) is 11.5 Å². The first-order chi connectivity index (χ1) is 29.3. The van der Waals surface area contributed by atoms with Crippen LogP contribution in [0.5, 0.6) is 11.5 Å². The molecule has 0 aromatic heterocycles. The van der Waals surface area contributed by atoms with Crippen LogP contribution in [0.2, 0.25) is 13.1 Å². The Labute approximate surface area is 375 Å². The first-order valence-electron chi connectivity index (χ1n) is 21.0. The zero-order valence-corrected chi connectivity index (χ0v) is 41.2. The van der Waals surface area contributed by atoms with Crippen molar-refractivity contribution in [1.82, 2.24) is 0 Å². The Morgan fingerprint density at radius 1 is 0.762 bits per heavy atom. The maximum absolute atomic E-state index is 11.1. The Morgan fingerprint density at radius 2 is 1.32 bits per heavy atom. The predicted molar refractivity (Wildman–Crippen MR) is 248 cm³/mol. The van der Waals surface area contributed by atoms with Gasteiger partial charge in [-0.1, -0.05) is 24.3 Å². The summed E-state index contributed by atoms with van der Waals surface area (Å²) in [6.07, 6.45) is 7.09. The second kappa shape index (κ2) is 21.7. The van der Waals surface area contributed by atoms with Gasteiger partial charge in [0.25, 0.3) is 0 Å². The Bertz CT molecular complexity index is 2370. The maximum atomic E-state index is 11.1. The number of fused-ring (bicyclic) bond motifs is 2. The van der Waals surface area contributed by atoms with Crippen molar-refractivity contribution in [2.75, 3.05) is 139 Å². The molecule has 0 unspecified atom stereocenters. The highest BCUT2D eigenvalue weighted by atomic mass is 32.2. The van der Waals surface area contributed by atoms with E-state index in [-0.39, 0.29) is 45.0 Å². The minimum absolute atomic E-state index is 0.134. The number of benzene rings is 2. The van der Waals surface area contributed by atoms with E-state index >= 15 is 0 Å². The lowest BCUT2D eigenvalue weighted by Gasteiger charge is -2.38. The third-order valence-electron chi connectivity index (χ3n) is 11.4. The lowest BCUT2D eigenvalue weighted by Crippen LogP contribution is -2.49. The molecule has 0 atom stereocenters. The highest BCUT2D eigenvalue weighted by molar-refractivity contribution is 7.85. The van der Waals surface area contributed by atoms with Crippen molar-refractivity contribution in [2.45, 2.75) is 25.9 Å². The molecule has 17 nitrogen and oxygen atoms in total. The molecule has 1 aliphatic heterocycles. The van der Waals surface area contributed by atoms with Crippen LogP contribution >= 0.6 is 0 Å². The van der Waals surface area contributed by atoms with Crippen molar-refractivity contribution in [1.29, 1.82) is 0 Å². The molecule has 0 spiro atoms. The van der Waals surface area contributed by atoms with E-state index in [0.29, 0.717) is 59.9 Å². The average Bonchev–Trinajstić information content (AvgIpc) is 3.17. The van der Waals surface area contributed by atoms with Crippen molar-refractivity contribution in [3.63, 3.8) is 0 Å². The second-order valence-corrected chi connectivity index (χ2v) is 25.5. The van der Waals surface area contributed by atoms with Crippen molar-refractivity contribution in [2.24, 2.45) is 5.11 Å². The summed E-state index contributed by atoms with van der Waals surface area (Å²) in [5, 5.41) is 6.60. The summed E-state index contributed by atoms with van der Waals surface area (Å²) in [4.78, 5) is 5.26. The molecular weight excluding hydrogens is 867 g/mol. The number of hydrogen-bond acceptors (Lipinski definition) is 12. The first kappa shape index (κ1) is 51.6. The molecule has 20 heteroatoms. The van der Waals surface area contributed by atoms with Gasteiger partial charge in [-0.2, -0.15) is 0 Å². The van der Waals surface area contributed by atoms with Gasteiger partial charge in [0, 0.05) is 72.8 Å². The molecular formula is C43H66N7O10S2Si+. The van der Waals surface area contributed by atoms with Crippen molar-refractivity contribution < 1.29 is 58.4 Å². The Hall–Kier alpha value is -4.08. The van der Waals surface area contributed by atoms with Gasteiger partial charge in [0.15, 0.2) is 5.71 Å². The van der Waals surface area contributed by atoms with Crippen LogP contribution in [-0.2, 0) is 29.7 Å². The molecule has 0 bridgehead atoms. The summed E-state index contributed by atoms with van der Waals surface area (Å²) in [6.45, 7) is 8.49. The van der Waals surface area contributed by atoms with Gasteiger partial charge in [-0.15, -0.1) is 0 Å². The van der Waals surface area contributed by atoms with E-state index in [1.165, 1.54) is 10.4 Å². The maximum Gasteiger partial charge on any atom is 0.199 e. The number of nitrogens with zero attached hydrogens (tertiary/aromatic N) is 7. The fourth-order valence-electron chi connectivity index (χ4n) is 7.59. The second-order valence-electron chi connectivity index (χ2n) is 18.2. The van der Waals surface area contributed by atoms with Crippen molar-refractivity contribution >= 4 is 56.2 Å². The van der Waals surface area contributed by atoms with E-state index in [0.717, 1.165) is 33.7 Å². The molecule has 0 N–H and O–H groups in total. The van der Waals surface area contributed by atoms with Gasteiger partial charge >= 0.3 is 0 Å². The summed E-state index contributed by atoms with van der Waals surface area (Å²) >= 11 is 0. The van der Waals surface area contributed by atoms with Crippen LogP contribution in [0.25, 0.3) is 16.0 Å². The highest BCUT2D eigenvalue weighted by Crippen LogP contribution is 2.47. The summed E-state index contributed by atoms with van der Waals surface area (Å²) in [6, 6.07) is 10.1. The summed E-state index contributed by atoms with van der Waals surface area (Å²) in [5.41, 5.74) is 16.0. The molecule has 0 amide bonds. The molecule has 348 valence electrons. The third kappa shape index (κ3) is 15.3. The minimum Gasteiger partial charge on any atom is -0.748 e. The summed E-state index contributed by atoms with van der Waals surface area (Å²) in [5.74, 6) is 0.00994. The fraction of sp³-hybridized carbons (Fsp3) is 0.558. The molecule has 4 rings (SSSR count). The van der Waals surface area contributed by atoms with Crippen LogP contribution in [0, 0.1) is 0 Å². The van der Waals surface area contributed by atoms with E-state index < -0.39 is 39.8 Å². The van der Waals surface area contributed by atoms with Crippen LogP contribution in [0.4, 0.5) is 11.4 Å². The number of ether oxygens (including phenoxy) is 4. The van der Waals surface area contributed by atoms with E-state index in [2.05, 4.69) is 69.0 Å².